The van der Waals surface area contributed by atoms with Crippen molar-refractivity contribution in [2.24, 2.45) is 0 Å². The summed E-state index contributed by atoms with van der Waals surface area (Å²) in [6.45, 7) is 2.96. The number of anilines is 1. The number of hydrogen-bond acceptors (Lipinski definition) is 7. The summed E-state index contributed by atoms with van der Waals surface area (Å²) < 4.78 is 17.9. The smallest absolute Gasteiger partial charge is 0.160 e. The molecule has 4 rings (SSSR count). The summed E-state index contributed by atoms with van der Waals surface area (Å²) in [5, 5.41) is 4.39. The zero-order chi connectivity index (χ0) is 20.9. The molecule has 1 aromatic carbocycles. The lowest BCUT2D eigenvalue weighted by atomic mass is 10.0. The molecule has 1 saturated heterocycles. The average Bonchev–Trinajstić information content (AvgIpc) is 3.26. The first-order valence-electron chi connectivity index (χ1n) is 10.1. The number of hydrogen-bond donors (Lipinski definition) is 0. The van der Waals surface area contributed by atoms with Gasteiger partial charge in [-0.25, -0.2) is 4.98 Å². The normalized spacial score (nSPS) is 14.1. The Kier molecular flexibility index (Phi) is 6.13. The van der Waals surface area contributed by atoms with E-state index < -0.39 is 0 Å². The SMILES string of the molecule is COc1ccc(CCC(=O)Cc2cc(N3CCOCC3)n3nccc3n2)cc1OC. The molecular weight excluding hydrogens is 384 g/mol. The van der Waals surface area contributed by atoms with Gasteiger partial charge in [-0.2, -0.15) is 9.61 Å². The lowest BCUT2D eigenvalue weighted by molar-refractivity contribution is -0.118. The number of carbonyl (C=O) groups is 1. The van der Waals surface area contributed by atoms with Crippen molar-refractivity contribution in [1.29, 1.82) is 0 Å². The number of ether oxygens (including phenoxy) is 3. The third-order valence-electron chi connectivity index (χ3n) is 5.25. The van der Waals surface area contributed by atoms with Gasteiger partial charge in [-0.1, -0.05) is 6.07 Å². The Bertz CT molecular complexity index is 1030. The summed E-state index contributed by atoms with van der Waals surface area (Å²) in [7, 11) is 3.22. The van der Waals surface area contributed by atoms with Gasteiger partial charge in [-0.05, 0) is 24.1 Å². The Morgan fingerprint density at radius 2 is 1.90 bits per heavy atom. The van der Waals surface area contributed by atoms with E-state index in [-0.39, 0.29) is 5.78 Å². The third-order valence-corrected chi connectivity index (χ3v) is 5.25. The summed E-state index contributed by atoms with van der Waals surface area (Å²) >= 11 is 0. The number of aromatic nitrogens is 3. The Hall–Kier alpha value is -3.13. The van der Waals surface area contributed by atoms with Crippen LogP contribution in [-0.4, -0.2) is 60.9 Å². The number of benzene rings is 1. The van der Waals surface area contributed by atoms with Gasteiger partial charge in [0.2, 0.25) is 0 Å². The van der Waals surface area contributed by atoms with E-state index in [9.17, 15) is 4.79 Å². The number of fused-ring (bicyclic) bond motifs is 1. The second kappa shape index (κ2) is 9.13. The van der Waals surface area contributed by atoms with E-state index in [0.29, 0.717) is 44.0 Å². The lowest BCUT2D eigenvalue weighted by Gasteiger charge is -2.29. The summed E-state index contributed by atoms with van der Waals surface area (Å²) in [6.07, 6.45) is 3.11. The van der Waals surface area contributed by atoms with E-state index in [1.807, 2.05) is 34.8 Å². The van der Waals surface area contributed by atoms with Crippen LogP contribution in [0.5, 0.6) is 11.5 Å². The Balaban J connectivity index is 1.45. The Labute approximate surface area is 175 Å². The Morgan fingerprint density at radius 3 is 2.67 bits per heavy atom. The van der Waals surface area contributed by atoms with Gasteiger partial charge < -0.3 is 19.1 Å². The van der Waals surface area contributed by atoms with Crippen LogP contribution in [0.3, 0.4) is 0 Å². The maximum absolute atomic E-state index is 12.7. The number of nitrogens with zero attached hydrogens (tertiary/aromatic N) is 4. The van der Waals surface area contributed by atoms with Gasteiger partial charge in [0.25, 0.3) is 0 Å². The zero-order valence-electron chi connectivity index (χ0n) is 17.3. The molecule has 0 atom stereocenters. The first kappa shape index (κ1) is 20.2. The number of carbonyl (C=O) groups excluding carboxylic acids is 1. The minimum atomic E-state index is 0.147. The van der Waals surface area contributed by atoms with Crippen LogP contribution < -0.4 is 14.4 Å². The highest BCUT2D eigenvalue weighted by molar-refractivity contribution is 5.81. The molecule has 8 nitrogen and oxygen atoms in total. The molecule has 0 bridgehead atoms. The molecular formula is C22H26N4O4. The first-order valence-corrected chi connectivity index (χ1v) is 10.1. The molecule has 158 valence electrons. The molecule has 0 N–H and O–H groups in total. The van der Waals surface area contributed by atoms with E-state index >= 15 is 0 Å². The van der Waals surface area contributed by atoms with Gasteiger partial charge in [-0.15, -0.1) is 0 Å². The molecule has 2 aromatic heterocycles. The number of methoxy groups -OCH3 is 2. The van der Waals surface area contributed by atoms with Crippen LogP contribution in [0.4, 0.5) is 5.82 Å². The van der Waals surface area contributed by atoms with Gasteiger partial charge in [0, 0.05) is 38.1 Å². The van der Waals surface area contributed by atoms with Crippen LogP contribution in [0.1, 0.15) is 17.7 Å². The van der Waals surface area contributed by atoms with Crippen LogP contribution in [0.2, 0.25) is 0 Å². The highest BCUT2D eigenvalue weighted by Gasteiger charge is 2.17. The molecule has 3 aromatic rings. The van der Waals surface area contributed by atoms with Crippen molar-refractivity contribution in [2.45, 2.75) is 19.3 Å². The summed E-state index contributed by atoms with van der Waals surface area (Å²) in [4.78, 5) is 19.5. The number of rotatable bonds is 8. The molecule has 3 heterocycles. The minimum Gasteiger partial charge on any atom is -0.493 e. The fourth-order valence-corrected chi connectivity index (χ4v) is 3.67. The first-order chi connectivity index (χ1) is 14.7. The Morgan fingerprint density at radius 1 is 1.10 bits per heavy atom. The average molecular weight is 410 g/mol. The van der Waals surface area contributed by atoms with Crippen molar-refractivity contribution in [2.75, 3.05) is 45.4 Å². The predicted octanol–water partition coefficient (Wildman–Crippen LogP) is 2.33. The molecule has 1 aliphatic rings. The lowest BCUT2D eigenvalue weighted by Crippen LogP contribution is -2.37. The molecule has 1 fully saturated rings. The van der Waals surface area contributed by atoms with Gasteiger partial charge >= 0.3 is 0 Å². The van der Waals surface area contributed by atoms with Gasteiger partial charge in [0.15, 0.2) is 17.1 Å². The maximum Gasteiger partial charge on any atom is 0.160 e. The van der Waals surface area contributed by atoms with E-state index in [1.54, 1.807) is 20.4 Å². The van der Waals surface area contributed by atoms with E-state index in [0.717, 1.165) is 35.8 Å². The summed E-state index contributed by atoms with van der Waals surface area (Å²) in [5.74, 6) is 2.46. The molecule has 1 aliphatic heterocycles. The second-order valence-electron chi connectivity index (χ2n) is 7.21. The van der Waals surface area contributed by atoms with Gasteiger partial charge in [0.1, 0.15) is 11.6 Å². The molecule has 0 radical (unpaired) electrons. The van der Waals surface area contributed by atoms with Gasteiger partial charge in [0.05, 0.1) is 39.3 Å². The van der Waals surface area contributed by atoms with Crippen molar-refractivity contribution in [3.05, 3.63) is 47.8 Å². The van der Waals surface area contributed by atoms with E-state index in [1.165, 1.54) is 0 Å². The summed E-state index contributed by atoms with van der Waals surface area (Å²) in [5.41, 5.74) is 2.55. The van der Waals surface area contributed by atoms with Crippen molar-refractivity contribution in [3.63, 3.8) is 0 Å². The highest BCUT2D eigenvalue weighted by atomic mass is 16.5. The molecule has 0 spiro atoms. The fraction of sp³-hybridized carbons (Fsp3) is 0.409. The molecule has 0 amide bonds. The van der Waals surface area contributed by atoms with E-state index in [2.05, 4.69) is 15.0 Å². The molecule has 0 saturated carbocycles. The molecule has 30 heavy (non-hydrogen) atoms. The van der Waals surface area contributed by atoms with Crippen LogP contribution in [0.15, 0.2) is 36.5 Å². The molecule has 0 unspecified atom stereocenters. The standard InChI is InChI=1S/C22H26N4O4/c1-28-19-6-4-16(13-20(19)29-2)3-5-18(27)14-17-15-22(25-9-11-30-12-10-25)26-21(24-17)7-8-23-26/h4,6-8,13,15H,3,5,9-12,14H2,1-2H3. The van der Waals surface area contributed by atoms with Crippen LogP contribution in [-0.2, 0) is 22.4 Å². The fourth-order valence-electron chi connectivity index (χ4n) is 3.67. The van der Waals surface area contributed by atoms with Crippen LogP contribution >= 0.6 is 0 Å². The highest BCUT2D eigenvalue weighted by Crippen LogP contribution is 2.28. The molecule has 8 heteroatoms. The zero-order valence-corrected chi connectivity index (χ0v) is 17.3. The minimum absolute atomic E-state index is 0.147. The third kappa shape index (κ3) is 4.38. The van der Waals surface area contributed by atoms with Crippen molar-refractivity contribution in [3.8, 4) is 11.5 Å². The van der Waals surface area contributed by atoms with Crippen LogP contribution in [0.25, 0.3) is 5.65 Å². The quantitative estimate of drug-likeness (QED) is 0.564. The topological polar surface area (TPSA) is 78.2 Å². The maximum atomic E-state index is 12.7. The summed E-state index contributed by atoms with van der Waals surface area (Å²) in [6, 6.07) is 9.57. The number of Topliss-reactive ketones (excluding diaryl/α,β-unsaturated/α-hetero) is 1. The van der Waals surface area contributed by atoms with Crippen molar-refractivity contribution >= 4 is 17.2 Å². The largest absolute Gasteiger partial charge is 0.493 e. The molecule has 0 aliphatic carbocycles. The van der Waals surface area contributed by atoms with Gasteiger partial charge in [-0.3, -0.25) is 4.79 Å². The monoisotopic (exact) mass is 410 g/mol. The van der Waals surface area contributed by atoms with Crippen molar-refractivity contribution in [1.82, 2.24) is 14.6 Å². The predicted molar refractivity (Wildman–Crippen MR) is 113 cm³/mol. The number of aryl methyl sites for hydroxylation is 1. The van der Waals surface area contributed by atoms with E-state index in [4.69, 9.17) is 14.2 Å². The van der Waals surface area contributed by atoms with Crippen molar-refractivity contribution < 1.29 is 19.0 Å². The van der Waals surface area contributed by atoms with Crippen LogP contribution in [0, 0.1) is 0 Å². The second-order valence-corrected chi connectivity index (χ2v) is 7.21. The number of ketones is 1. The number of morpholine rings is 1.